The molecule has 0 spiro atoms. The molecule has 0 heterocycles. The zero-order valence-corrected chi connectivity index (χ0v) is 11.4. The Hall–Kier alpha value is -2.11. The molecule has 0 aliphatic rings. The molecular formula is C14H19FN2O3. The number of unbranched alkanes of at least 4 members (excludes halogenated alkanes) is 1. The monoisotopic (exact) mass is 282 g/mol. The predicted molar refractivity (Wildman–Crippen MR) is 72.5 cm³/mol. The fraction of sp³-hybridized carbons (Fsp3) is 0.429. The molecule has 1 aromatic carbocycles. The van der Waals surface area contributed by atoms with Crippen molar-refractivity contribution >= 4 is 12.0 Å². The van der Waals surface area contributed by atoms with Crippen LogP contribution in [0.15, 0.2) is 24.3 Å². The first-order valence-electron chi connectivity index (χ1n) is 6.45. The van der Waals surface area contributed by atoms with Gasteiger partial charge >= 0.3 is 12.0 Å². The summed E-state index contributed by atoms with van der Waals surface area (Å²) in [6.45, 7) is 0.598. The van der Waals surface area contributed by atoms with Crippen LogP contribution in [0.2, 0.25) is 0 Å². The summed E-state index contributed by atoms with van der Waals surface area (Å²) in [6, 6.07) is 5.92. The van der Waals surface area contributed by atoms with Crippen molar-refractivity contribution in [1.29, 1.82) is 0 Å². The zero-order chi connectivity index (χ0) is 14.8. The number of hydrogen-bond donors (Lipinski definition) is 2. The van der Waals surface area contributed by atoms with Crippen LogP contribution < -0.4 is 10.6 Å². The first-order valence-corrected chi connectivity index (χ1v) is 6.45. The highest BCUT2D eigenvalue weighted by atomic mass is 19.1. The summed E-state index contributed by atoms with van der Waals surface area (Å²) in [4.78, 5) is 22.3. The van der Waals surface area contributed by atoms with Crippen LogP contribution in [-0.2, 0) is 16.1 Å². The van der Waals surface area contributed by atoms with Crippen LogP contribution in [0.5, 0.6) is 0 Å². The zero-order valence-electron chi connectivity index (χ0n) is 11.4. The van der Waals surface area contributed by atoms with E-state index in [-0.39, 0.29) is 24.4 Å². The van der Waals surface area contributed by atoms with E-state index < -0.39 is 0 Å². The summed E-state index contributed by atoms with van der Waals surface area (Å²) in [5, 5.41) is 5.21. The Balaban J connectivity index is 2.12. The molecule has 0 aliphatic heterocycles. The van der Waals surface area contributed by atoms with Crippen molar-refractivity contribution in [3.63, 3.8) is 0 Å². The van der Waals surface area contributed by atoms with E-state index in [0.717, 1.165) is 0 Å². The fourth-order valence-electron chi connectivity index (χ4n) is 1.58. The Morgan fingerprint density at radius 1 is 1.20 bits per heavy atom. The highest BCUT2D eigenvalue weighted by Crippen LogP contribution is 2.05. The Morgan fingerprint density at radius 3 is 2.65 bits per heavy atom. The molecule has 0 unspecified atom stereocenters. The van der Waals surface area contributed by atoms with Gasteiger partial charge in [0.05, 0.1) is 7.11 Å². The quantitative estimate of drug-likeness (QED) is 0.593. The number of amides is 2. The van der Waals surface area contributed by atoms with Crippen molar-refractivity contribution in [3.05, 3.63) is 35.6 Å². The Kier molecular flexibility index (Phi) is 7.10. The largest absolute Gasteiger partial charge is 0.469 e. The average Bonchev–Trinajstić information content (AvgIpc) is 2.45. The van der Waals surface area contributed by atoms with E-state index >= 15 is 0 Å². The van der Waals surface area contributed by atoms with Crippen molar-refractivity contribution < 1.29 is 18.7 Å². The number of ether oxygens (including phenoxy) is 1. The molecule has 6 heteroatoms. The molecule has 5 nitrogen and oxygen atoms in total. The van der Waals surface area contributed by atoms with Gasteiger partial charge in [-0.2, -0.15) is 0 Å². The van der Waals surface area contributed by atoms with Gasteiger partial charge in [0.15, 0.2) is 0 Å². The minimum Gasteiger partial charge on any atom is -0.469 e. The van der Waals surface area contributed by atoms with E-state index in [9.17, 15) is 14.0 Å². The van der Waals surface area contributed by atoms with E-state index in [0.29, 0.717) is 31.4 Å². The standard InChI is InChI=1S/C14H19FN2O3/c1-20-13(18)8-4-5-9-16-14(19)17-10-11-6-2-3-7-12(11)15/h2-3,6-7H,4-5,8-10H2,1H3,(H2,16,17,19). The van der Waals surface area contributed by atoms with Crippen LogP contribution in [-0.4, -0.2) is 25.7 Å². The van der Waals surface area contributed by atoms with Gasteiger partial charge in [-0.25, -0.2) is 9.18 Å². The molecule has 20 heavy (non-hydrogen) atoms. The minimum atomic E-state index is -0.355. The fourth-order valence-corrected chi connectivity index (χ4v) is 1.58. The summed E-state index contributed by atoms with van der Waals surface area (Å²) >= 11 is 0. The Morgan fingerprint density at radius 2 is 1.95 bits per heavy atom. The molecule has 1 rings (SSSR count). The van der Waals surface area contributed by atoms with E-state index in [1.54, 1.807) is 18.2 Å². The van der Waals surface area contributed by atoms with Gasteiger partial charge in [-0.15, -0.1) is 0 Å². The molecule has 2 N–H and O–H groups in total. The lowest BCUT2D eigenvalue weighted by Crippen LogP contribution is -2.35. The smallest absolute Gasteiger partial charge is 0.315 e. The normalized spacial score (nSPS) is 9.90. The number of halogens is 1. The SMILES string of the molecule is COC(=O)CCCCNC(=O)NCc1ccccc1F. The molecule has 0 fully saturated rings. The second kappa shape index (κ2) is 8.90. The van der Waals surface area contributed by atoms with Crippen LogP contribution in [0.25, 0.3) is 0 Å². The number of benzene rings is 1. The summed E-state index contributed by atoms with van der Waals surface area (Å²) in [5.74, 6) is -0.597. The number of urea groups is 1. The lowest BCUT2D eigenvalue weighted by molar-refractivity contribution is -0.140. The minimum absolute atomic E-state index is 0.140. The van der Waals surface area contributed by atoms with Crippen molar-refractivity contribution in [2.45, 2.75) is 25.8 Å². The van der Waals surface area contributed by atoms with Gasteiger partial charge in [0.1, 0.15) is 5.82 Å². The topological polar surface area (TPSA) is 67.4 Å². The van der Waals surface area contributed by atoms with Gasteiger partial charge in [-0.05, 0) is 18.9 Å². The molecule has 0 aliphatic carbocycles. The van der Waals surface area contributed by atoms with E-state index in [4.69, 9.17) is 0 Å². The number of nitrogens with one attached hydrogen (secondary N) is 2. The number of rotatable bonds is 7. The van der Waals surface area contributed by atoms with Crippen molar-refractivity contribution in [3.8, 4) is 0 Å². The van der Waals surface area contributed by atoms with Crippen LogP contribution in [0.3, 0.4) is 0 Å². The average molecular weight is 282 g/mol. The highest BCUT2D eigenvalue weighted by Gasteiger charge is 2.04. The molecule has 0 radical (unpaired) electrons. The number of carbonyl (C=O) groups excluding carboxylic acids is 2. The molecule has 0 saturated heterocycles. The number of methoxy groups -OCH3 is 1. The summed E-state index contributed by atoms with van der Waals surface area (Å²) in [6.07, 6.45) is 1.68. The molecule has 2 amide bonds. The molecule has 0 aromatic heterocycles. The lowest BCUT2D eigenvalue weighted by Gasteiger charge is -2.08. The van der Waals surface area contributed by atoms with Crippen LogP contribution >= 0.6 is 0 Å². The molecule has 1 aromatic rings. The highest BCUT2D eigenvalue weighted by molar-refractivity contribution is 5.73. The van der Waals surface area contributed by atoms with E-state index in [1.807, 2.05) is 0 Å². The van der Waals surface area contributed by atoms with Gasteiger partial charge < -0.3 is 15.4 Å². The van der Waals surface area contributed by atoms with Crippen molar-refractivity contribution in [2.24, 2.45) is 0 Å². The summed E-state index contributed by atoms with van der Waals surface area (Å²) < 4.78 is 17.8. The maximum absolute atomic E-state index is 13.3. The second-order valence-corrected chi connectivity index (χ2v) is 4.23. The molecule has 0 bridgehead atoms. The van der Waals surface area contributed by atoms with E-state index in [1.165, 1.54) is 13.2 Å². The predicted octanol–water partition coefficient (Wildman–Crippen LogP) is 1.97. The lowest BCUT2D eigenvalue weighted by atomic mass is 10.2. The molecule has 0 atom stereocenters. The molecule has 110 valence electrons. The van der Waals surface area contributed by atoms with Gasteiger partial charge in [0.2, 0.25) is 0 Å². The Labute approximate surface area is 117 Å². The number of hydrogen-bond acceptors (Lipinski definition) is 3. The summed E-state index contributed by atoms with van der Waals surface area (Å²) in [7, 11) is 1.34. The van der Waals surface area contributed by atoms with Crippen LogP contribution in [0.4, 0.5) is 9.18 Å². The first-order chi connectivity index (χ1) is 9.63. The maximum atomic E-state index is 13.3. The third kappa shape index (κ3) is 6.17. The first kappa shape index (κ1) is 15.9. The Bertz CT molecular complexity index is 452. The van der Waals surface area contributed by atoms with E-state index in [2.05, 4.69) is 15.4 Å². The summed E-state index contributed by atoms with van der Waals surface area (Å²) in [5.41, 5.74) is 0.438. The number of esters is 1. The van der Waals surface area contributed by atoms with Crippen molar-refractivity contribution in [2.75, 3.05) is 13.7 Å². The maximum Gasteiger partial charge on any atom is 0.315 e. The van der Waals surface area contributed by atoms with Crippen LogP contribution in [0.1, 0.15) is 24.8 Å². The van der Waals surface area contributed by atoms with Gasteiger partial charge in [0, 0.05) is 25.1 Å². The second-order valence-electron chi connectivity index (χ2n) is 4.23. The third-order valence-electron chi connectivity index (χ3n) is 2.72. The molecular weight excluding hydrogens is 263 g/mol. The van der Waals surface area contributed by atoms with Gasteiger partial charge in [-0.3, -0.25) is 4.79 Å². The van der Waals surface area contributed by atoms with Crippen LogP contribution in [0, 0.1) is 5.82 Å². The third-order valence-corrected chi connectivity index (χ3v) is 2.72. The van der Waals surface area contributed by atoms with Crippen molar-refractivity contribution in [1.82, 2.24) is 10.6 Å². The number of carbonyl (C=O) groups is 2. The van der Waals surface area contributed by atoms with Gasteiger partial charge in [-0.1, -0.05) is 18.2 Å². The van der Waals surface area contributed by atoms with Gasteiger partial charge in [0.25, 0.3) is 0 Å². The molecule has 0 saturated carbocycles.